The Morgan fingerprint density at radius 3 is 2.74 bits per heavy atom. The zero-order valence-corrected chi connectivity index (χ0v) is 17.1. The number of amides is 1. The molecule has 0 atom stereocenters. The number of nitrogens with zero attached hydrogens (tertiary/aromatic N) is 7. The van der Waals surface area contributed by atoms with E-state index in [1.165, 1.54) is 16.7 Å². The van der Waals surface area contributed by atoms with E-state index in [4.69, 9.17) is 10.4 Å². The van der Waals surface area contributed by atoms with Crippen molar-refractivity contribution in [3.8, 4) is 5.82 Å². The number of anilines is 1. The van der Waals surface area contributed by atoms with Gasteiger partial charge in [0, 0.05) is 12.8 Å². The number of carbonyl (C=O) groups is 1. The van der Waals surface area contributed by atoms with Crippen LogP contribution in [-0.2, 0) is 13.0 Å². The van der Waals surface area contributed by atoms with Crippen LogP contribution in [0.2, 0.25) is 0 Å². The van der Waals surface area contributed by atoms with Crippen LogP contribution in [-0.4, -0.2) is 55.4 Å². The first-order chi connectivity index (χ1) is 15.2. The van der Waals surface area contributed by atoms with Crippen molar-refractivity contribution in [2.45, 2.75) is 38.6 Å². The lowest BCUT2D eigenvalue weighted by Crippen LogP contribution is -2.31. The molecule has 4 rings (SSSR count). The molecule has 1 saturated heterocycles. The molecule has 1 aliphatic heterocycles. The van der Waals surface area contributed by atoms with Gasteiger partial charge in [-0.25, -0.2) is 10.1 Å². The van der Waals surface area contributed by atoms with E-state index in [9.17, 15) is 4.79 Å². The highest BCUT2D eigenvalue weighted by Crippen LogP contribution is 2.19. The molecule has 0 unspecified atom stereocenters. The number of hydrogen-bond donors (Lipinski definition) is 2. The summed E-state index contributed by atoms with van der Waals surface area (Å²) in [6.45, 7) is 2.37. The molecule has 11 heteroatoms. The van der Waals surface area contributed by atoms with Gasteiger partial charge in [-0.05, 0) is 54.6 Å². The predicted octanol–water partition coefficient (Wildman–Crippen LogP) is 1.57. The van der Waals surface area contributed by atoms with Crippen molar-refractivity contribution in [3.63, 3.8) is 0 Å². The van der Waals surface area contributed by atoms with Crippen molar-refractivity contribution in [2.24, 2.45) is 5.10 Å². The molecule has 0 aliphatic carbocycles. The first-order valence-corrected chi connectivity index (χ1v) is 10.3. The van der Waals surface area contributed by atoms with Gasteiger partial charge in [-0.15, -0.1) is 5.10 Å². The lowest BCUT2D eigenvalue weighted by atomic mass is 10.1. The lowest BCUT2D eigenvalue weighted by Gasteiger charge is -2.26. The molecular formula is C20H25N9O2. The van der Waals surface area contributed by atoms with Gasteiger partial charge in [0.15, 0.2) is 5.69 Å². The van der Waals surface area contributed by atoms with Gasteiger partial charge in [-0.3, -0.25) is 9.69 Å². The maximum absolute atomic E-state index is 12.8. The number of nitrogens with one attached hydrogen (secondary N) is 1. The van der Waals surface area contributed by atoms with E-state index in [1.54, 1.807) is 6.21 Å². The SMILES string of the molecule is Nc1nonc1-n1nnc(C(=O)NN=CCCc2ccccc2)c1CN1CCCCC1. The fourth-order valence-electron chi connectivity index (χ4n) is 3.55. The molecule has 162 valence electrons. The molecular weight excluding hydrogens is 398 g/mol. The van der Waals surface area contributed by atoms with Crippen LogP contribution in [0, 0.1) is 0 Å². The van der Waals surface area contributed by atoms with E-state index < -0.39 is 5.91 Å². The zero-order chi connectivity index (χ0) is 21.5. The fourth-order valence-corrected chi connectivity index (χ4v) is 3.55. The summed E-state index contributed by atoms with van der Waals surface area (Å²) >= 11 is 0. The number of likely N-dealkylation sites (tertiary alicyclic amines) is 1. The molecule has 3 N–H and O–H groups in total. The number of carbonyl (C=O) groups excluding carboxylic acids is 1. The fraction of sp³-hybridized carbons (Fsp3) is 0.400. The van der Waals surface area contributed by atoms with Crippen LogP contribution < -0.4 is 11.2 Å². The molecule has 1 amide bonds. The maximum atomic E-state index is 12.8. The Kier molecular flexibility index (Phi) is 6.62. The average molecular weight is 423 g/mol. The van der Waals surface area contributed by atoms with E-state index in [0.717, 1.165) is 32.4 Å². The van der Waals surface area contributed by atoms with Crippen LogP contribution >= 0.6 is 0 Å². The number of aromatic nitrogens is 5. The minimum Gasteiger partial charge on any atom is -0.378 e. The summed E-state index contributed by atoms with van der Waals surface area (Å²) in [5.74, 6) is -0.148. The minimum atomic E-state index is -0.441. The Morgan fingerprint density at radius 2 is 2.00 bits per heavy atom. The van der Waals surface area contributed by atoms with Crippen LogP contribution in [0.3, 0.4) is 0 Å². The van der Waals surface area contributed by atoms with E-state index in [2.05, 4.69) is 48.2 Å². The molecule has 0 spiro atoms. The van der Waals surface area contributed by atoms with Crippen molar-refractivity contribution in [1.82, 2.24) is 35.6 Å². The second-order valence-corrected chi connectivity index (χ2v) is 7.38. The van der Waals surface area contributed by atoms with Gasteiger partial charge in [0.1, 0.15) is 0 Å². The third-order valence-corrected chi connectivity index (χ3v) is 5.16. The number of hydrazone groups is 1. The second kappa shape index (κ2) is 9.94. The monoisotopic (exact) mass is 423 g/mol. The highest BCUT2D eigenvalue weighted by Gasteiger charge is 2.26. The number of nitrogen functional groups attached to an aromatic ring is 1. The van der Waals surface area contributed by atoms with E-state index >= 15 is 0 Å². The zero-order valence-electron chi connectivity index (χ0n) is 17.1. The standard InChI is InChI=1S/C20H25N9O2/c21-18-19(26-31-25-18)29-16(14-28-12-5-2-6-13-28)17(23-27-29)20(30)24-22-11-7-10-15-8-3-1-4-9-15/h1,3-4,8-9,11H,2,5-7,10,12-14H2,(H2,21,25)(H,24,30). The normalized spacial score (nSPS) is 14.8. The minimum absolute atomic E-state index is 0.0793. The van der Waals surface area contributed by atoms with Crippen molar-refractivity contribution in [1.29, 1.82) is 0 Å². The molecule has 1 fully saturated rings. The number of benzene rings is 1. The summed E-state index contributed by atoms with van der Waals surface area (Å²) in [5, 5.41) is 19.6. The summed E-state index contributed by atoms with van der Waals surface area (Å²) in [4.78, 5) is 15.0. The Labute approximate surface area is 179 Å². The predicted molar refractivity (Wildman–Crippen MR) is 113 cm³/mol. The quantitative estimate of drug-likeness (QED) is 0.411. The maximum Gasteiger partial charge on any atom is 0.293 e. The highest BCUT2D eigenvalue weighted by molar-refractivity contribution is 5.93. The molecule has 0 saturated carbocycles. The summed E-state index contributed by atoms with van der Waals surface area (Å²) in [5.41, 5.74) is 10.3. The van der Waals surface area contributed by atoms with Gasteiger partial charge in [0.25, 0.3) is 5.91 Å². The molecule has 3 aromatic rings. The Bertz CT molecular complexity index is 1020. The molecule has 2 aromatic heterocycles. The summed E-state index contributed by atoms with van der Waals surface area (Å²) in [6.07, 6.45) is 6.66. The summed E-state index contributed by atoms with van der Waals surface area (Å²) in [6, 6.07) is 10.1. The van der Waals surface area contributed by atoms with Gasteiger partial charge in [-0.2, -0.15) is 9.78 Å². The van der Waals surface area contributed by atoms with Gasteiger partial charge < -0.3 is 5.73 Å². The van der Waals surface area contributed by atoms with Crippen molar-refractivity contribution in [3.05, 3.63) is 47.3 Å². The first-order valence-electron chi connectivity index (χ1n) is 10.3. The van der Waals surface area contributed by atoms with Crippen LogP contribution in [0.1, 0.15) is 47.4 Å². The number of rotatable bonds is 8. The van der Waals surface area contributed by atoms with Crippen LogP contribution in [0.5, 0.6) is 0 Å². The van der Waals surface area contributed by atoms with Gasteiger partial charge in [0.05, 0.1) is 5.69 Å². The summed E-state index contributed by atoms with van der Waals surface area (Å²) in [7, 11) is 0. The Balaban J connectivity index is 1.45. The largest absolute Gasteiger partial charge is 0.378 e. The third kappa shape index (κ3) is 5.12. The van der Waals surface area contributed by atoms with E-state index in [-0.39, 0.29) is 17.3 Å². The molecule has 3 heterocycles. The lowest BCUT2D eigenvalue weighted by molar-refractivity contribution is 0.0947. The van der Waals surface area contributed by atoms with Crippen molar-refractivity contribution < 1.29 is 9.42 Å². The molecule has 31 heavy (non-hydrogen) atoms. The molecule has 1 aliphatic rings. The Morgan fingerprint density at radius 1 is 1.19 bits per heavy atom. The number of piperidine rings is 1. The van der Waals surface area contributed by atoms with Crippen LogP contribution in [0.4, 0.5) is 5.82 Å². The average Bonchev–Trinajstić information content (AvgIpc) is 3.40. The van der Waals surface area contributed by atoms with Gasteiger partial charge in [0.2, 0.25) is 11.6 Å². The van der Waals surface area contributed by atoms with E-state index in [0.29, 0.717) is 18.7 Å². The molecule has 0 bridgehead atoms. The first kappa shape index (κ1) is 20.7. The van der Waals surface area contributed by atoms with Gasteiger partial charge in [-0.1, -0.05) is 42.0 Å². The molecule has 11 nitrogen and oxygen atoms in total. The molecule has 0 radical (unpaired) electrons. The van der Waals surface area contributed by atoms with Gasteiger partial charge >= 0.3 is 0 Å². The number of nitrogens with two attached hydrogens (primary N) is 1. The third-order valence-electron chi connectivity index (χ3n) is 5.16. The van der Waals surface area contributed by atoms with Crippen molar-refractivity contribution >= 4 is 17.9 Å². The number of aryl methyl sites for hydroxylation is 1. The van der Waals surface area contributed by atoms with E-state index in [1.807, 2.05) is 18.2 Å². The topological polar surface area (TPSA) is 140 Å². The number of hydrogen-bond acceptors (Lipinski definition) is 9. The van der Waals surface area contributed by atoms with Crippen molar-refractivity contribution in [2.75, 3.05) is 18.8 Å². The smallest absolute Gasteiger partial charge is 0.293 e. The van der Waals surface area contributed by atoms with Crippen LogP contribution in [0.25, 0.3) is 5.82 Å². The highest BCUT2D eigenvalue weighted by atomic mass is 16.6. The Hall–Kier alpha value is -3.60. The molecule has 1 aromatic carbocycles. The van der Waals surface area contributed by atoms with Crippen LogP contribution in [0.15, 0.2) is 40.1 Å². The second-order valence-electron chi connectivity index (χ2n) is 7.38. The summed E-state index contributed by atoms with van der Waals surface area (Å²) < 4.78 is 6.10.